The Morgan fingerprint density at radius 1 is 1.52 bits per heavy atom. The van der Waals surface area contributed by atoms with Crippen molar-refractivity contribution >= 4 is 17.7 Å². The fourth-order valence-corrected chi connectivity index (χ4v) is 2.12. The van der Waals surface area contributed by atoms with Gasteiger partial charge in [-0.3, -0.25) is 14.9 Å². The van der Waals surface area contributed by atoms with Gasteiger partial charge in [-0.2, -0.15) is 0 Å². The first-order chi connectivity index (χ1) is 10.1. The van der Waals surface area contributed by atoms with Crippen molar-refractivity contribution in [3.8, 4) is 0 Å². The summed E-state index contributed by atoms with van der Waals surface area (Å²) in [6.07, 6.45) is 2.66. The molecule has 2 N–H and O–H groups in total. The number of carbonyl (C=O) groups excluding carboxylic acids is 1. The first-order valence-corrected chi connectivity index (χ1v) is 6.64. The summed E-state index contributed by atoms with van der Waals surface area (Å²) in [5.41, 5.74) is 5.91. The molecule has 7 nitrogen and oxygen atoms in total. The SMILES string of the molecule is NCC1CN(C(=O)/C=C/c2ccccc2[N+](=O)[O-])CCO1. The molecule has 1 saturated heterocycles. The van der Waals surface area contributed by atoms with E-state index in [2.05, 4.69) is 0 Å². The highest BCUT2D eigenvalue weighted by atomic mass is 16.6. The molecule has 0 saturated carbocycles. The molecule has 0 aromatic heterocycles. The number of amides is 1. The lowest BCUT2D eigenvalue weighted by Crippen LogP contribution is -2.47. The van der Waals surface area contributed by atoms with Crippen LogP contribution < -0.4 is 5.73 Å². The Bertz CT molecular complexity index is 559. The molecule has 0 spiro atoms. The van der Waals surface area contributed by atoms with Crippen LogP contribution in [-0.2, 0) is 9.53 Å². The summed E-state index contributed by atoms with van der Waals surface area (Å²) >= 11 is 0. The average molecular weight is 291 g/mol. The van der Waals surface area contributed by atoms with Gasteiger partial charge < -0.3 is 15.4 Å². The lowest BCUT2D eigenvalue weighted by molar-refractivity contribution is -0.385. The maximum Gasteiger partial charge on any atom is 0.276 e. The van der Waals surface area contributed by atoms with E-state index in [1.54, 1.807) is 23.1 Å². The van der Waals surface area contributed by atoms with E-state index < -0.39 is 4.92 Å². The molecule has 1 fully saturated rings. The number of morpholine rings is 1. The molecule has 1 aliphatic rings. The van der Waals surface area contributed by atoms with Crippen molar-refractivity contribution in [1.29, 1.82) is 0 Å². The average Bonchev–Trinajstić information content (AvgIpc) is 2.52. The van der Waals surface area contributed by atoms with E-state index in [0.29, 0.717) is 31.8 Å². The zero-order valence-electron chi connectivity index (χ0n) is 11.5. The first kappa shape index (κ1) is 15.1. The van der Waals surface area contributed by atoms with Crippen molar-refractivity contribution in [3.05, 3.63) is 46.0 Å². The van der Waals surface area contributed by atoms with E-state index in [4.69, 9.17) is 10.5 Å². The molecule has 1 atom stereocenters. The minimum absolute atomic E-state index is 0.0247. The molecular formula is C14H17N3O4. The highest BCUT2D eigenvalue weighted by Crippen LogP contribution is 2.19. The van der Waals surface area contributed by atoms with Gasteiger partial charge >= 0.3 is 0 Å². The Balaban J connectivity index is 2.07. The Morgan fingerprint density at radius 2 is 2.29 bits per heavy atom. The lowest BCUT2D eigenvalue weighted by atomic mass is 10.1. The number of carbonyl (C=O) groups is 1. The first-order valence-electron chi connectivity index (χ1n) is 6.64. The standard InChI is InChI=1S/C14H17N3O4/c15-9-12-10-16(7-8-21-12)14(18)6-5-11-3-1-2-4-13(11)17(19)20/h1-6,12H,7-10,15H2/b6-5+. The zero-order chi connectivity index (χ0) is 15.2. The monoisotopic (exact) mass is 291 g/mol. The third-order valence-electron chi connectivity index (χ3n) is 3.25. The van der Waals surface area contributed by atoms with E-state index in [0.717, 1.165) is 0 Å². The van der Waals surface area contributed by atoms with Crippen molar-refractivity contribution in [2.24, 2.45) is 5.73 Å². The van der Waals surface area contributed by atoms with Gasteiger partial charge in [-0.25, -0.2) is 0 Å². The van der Waals surface area contributed by atoms with Crippen LogP contribution >= 0.6 is 0 Å². The number of hydrogen-bond acceptors (Lipinski definition) is 5. The van der Waals surface area contributed by atoms with Crippen molar-refractivity contribution in [2.75, 3.05) is 26.2 Å². The van der Waals surface area contributed by atoms with E-state index >= 15 is 0 Å². The summed E-state index contributed by atoms with van der Waals surface area (Å²) < 4.78 is 5.39. The van der Waals surface area contributed by atoms with Gasteiger partial charge in [-0.15, -0.1) is 0 Å². The van der Waals surface area contributed by atoms with Crippen LogP contribution in [-0.4, -0.2) is 48.1 Å². The summed E-state index contributed by atoms with van der Waals surface area (Å²) in [5.74, 6) is -0.199. The van der Waals surface area contributed by atoms with Crippen molar-refractivity contribution in [2.45, 2.75) is 6.10 Å². The molecule has 0 bridgehead atoms. The van der Waals surface area contributed by atoms with Gasteiger partial charge in [0.05, 0.1) is 23.2 Å². The number of ether oxygens (including phenoxy) is 1. The van der Waals surface area contributed by atoms with Crippen LogP contribution in [0.5, 0.6) is 0 Å². The van der Waals surface area contributed by atoms with Gasteiger partial charge in [0.2, 0.25) is 5.91 Å². The highest BCUT2D eigenvalue weighted by Gasteiger charge is 2.21. The molecular weight excluding hydrogens is 274 g/mol. The molecule has 0 radical (unpaired) electrons. The van der Waals surface area contributed by atoms with Crippen LogP contribution in [0.25, 0.3) is 6.08 Å². The van der Waals surface area contributed by atoms with Crippen LogP contribution in [0, 0.1) is 10.1 Å². The number of nitrogens with zero attached hydrogens (tertiary/aromatic N) is 2. The minimum Gasteiger partial charge on any atom is -0.373 e. The van der Waals surface area contributed by atoms with Gasteiger partial charge in [0.25, 0.3) is 5.69 Å². The maximum absolute atomic E-state index is 12.1. The van der Waals surface area contributed by atoms with Crippen LogP contribution in [0.3, 0.4) is 0 Å². The lowest BCUT2D eigenvalue weighted by Gasteiger charge is -2.31. The third-order valence-corrected chi connectivity index (χ3v) is 3.25. The number of benzene rings is 1. The summed E-state index contributed by atoms with van der Waals surface area (Å²) in [4.78, 5) is 24.1. The molecule has 7 heteroatoms. The van der Waals surface area contributed by atoms with E-state index in [-0.39, 0.29) is 17.7 Å². The molecule has 1 heterocycles. The van der Waals surface area contributed by atoms with Gasteiger partial charge in [0, 0.05) is 31.8 Å². The smallest absolute Gasteiger partial charge is 0.276 e. The van der Waals surface area contributed by atoms with Gasteiger partial charge in [0.1, 0.15) is 0 Å². The largest absolute Gasteiger partial charge is 0.373 e. The number of hydrogen-bond donors (Lipinski definition) is 1. The molecule has 1 aromatic rings. The molecule has 1 aromatic carbocycles. The van der Waals surface area contributed by atoms with E-state index in [9.17, 15) is 14.9 Å². The molecule has 2 rings (SSSR count). The minimum atomic E-state index is -0.469. The number of nitro benzene ring substituents is 1. The molecule has 21 heavy (non-hydrogen) atoms. The fraction of sp³-hybridized carbons (Fsp3) is 0.357. The molecule has 1 unspecified atom stereocenters. The predicted molar refractivity (Wildman–Crippen MR) is 77.5 cm³/mol. The van der Waals surface area contributed by atoms with E-state index in [1.165, 1.54) is 18.2 Å². The summed E-state index contributed by atoms with van der Waals surface area (Å²) in [7, 11) is 0. The van der Waals surface area contributed by atoms with Crippen LogP contribution in [0.15, 0.2) is 30.3 Å². The van der Waals surface area contributed by atoms with Crippen molar-refractivity contribution in [3.63, 3.8) is 0 Å². The molecule has 0 aliphatic carbocycles. The second-order valence-electron chi connectivity index (χ2n) is 4.66. The summed E-state index contributed by atoms with van der Waals surface area (Å²) in [6, 6.07) is 6.29. The summed E-state index contributed by atoms with van der Waals surface area (Å²) in [5, 5.41) is 10.9. The Hall–Kier alpha value is -2.25. The van der Waals surface area contributed by atoms with Crippen molar-refractivity contribution in [1.82, 2.24) is 4.90 Å². The number of nitrogens with two attached hydrogens (primary N) is 1. The molecule has 1 amide bonds. The van der Waals surface area contributed by atoms with Gasteiger partial charge in [0.15, 0.2) is 0 Å². The number of nitro groups is 1. The molecule has 1 aliphatic heterocycles. The number of rotatable bonds is 4. The summed E-state index contributed by atoms with van der Waals surface area (Å²) in [6.45, 7) is 1.75. The predicted octanol–water partition coefficient (Wildman–Crippen LogP) is 0.794. The Kier molecular flexibility index (Phi) is 5.02. The zero-order valence-corrected chi connectivity index (χ0v) is 11.5. The van der Waals surface area contributed by atoms with E-state index in [1.807, 2.05) is 0 Å². The Morgan fingerprint density at radius 3 is 3.00 bits per heavy atom. The second kappa shape index (κ2) is 6.96. The normalized spacial score (nSPS) is 18.9. The quantitative estimate of drug-likeness (QED) is 0.502. The van der Waals surface area contributed by atoms with Crippen LogP contribution in [0.2, 0.25) is 0 Å². The van der Waals surface area contributed by atoms with Crippen LogP contribution in [0.1, 0.15) is 5.56 Å². The van der Waals surface area contributed by atoms with Crippen LogP contribution in [0.4, 0.5) is 5.69 Å². The van der Waals surface area contributed by atoms with Gasteiger partial charge in [-0.1, -0.05) is 12.1 Å². The molecule has 112 valence electrons. The van der Waals surface area contributed by atoms with Gasteiger partial charge in [-0.05, 0) is 12.1 Å². The fourth-order valence-electron chi connectivity index (χ4n) is 2.12. The maximum atomic E-state index is 12.1. The Labute approximate surface area is 122 Å². The van der Waals surface area contributed by atoms with Crippen molar-refractivity contribution < 1.29 is 14.5 Å². The third kappa shape index (κ3) is 3.87. The second-order valence-corrected chi connectivity index (χ2v) is 4.66. The highest BCUT2D eigenvalue weighted by molar-refractivity contribution is 5.92. The number of para-hydroxylation sites is 1. The topological polar surface area (TPSA) is 98.7 Å².